The minimum Gasteiger partial charge on any atom is -0.395 e. The third-order valence-corrected chi connectivity index (χ3v) is 3.50. The van der Waals surface area contributed by atoms with E-state index < -0.39 is 0 Å². The van der Waals surface area contributed by atoms with Crippen molar-refractivity contribution in [1.29, 1.82) is 0 Å². The molecule has 1 amide bonds. The van der Waals surface area contributed by atoms with Crippen LogP contribution in [0.25, 0.3) is 0 Å². The molecule has 1 aromatic rings. The molecule has 0 spiro atoms. The number of nitrogens with one attached hydrogen (secondary N) is 1. The van der Waals surface area contributed by atoms with Crippen molar-refractivity contribution in [2.45, 2.75) is 25.9 Å². The third kappa shape index (κ3) is 4.03. The molecule has 21 heavy (non-hydrogen) atoms. The zero-order valence-corrected chi connectivity index (χ0v) is 12.0. The fourth-order valence-corrected chi connectivity index (χ4v) is 2.26. The molecule has 0 aliphatic carbocycles. The van der Waals surface area contributed by atoms with Crippen LogP contribution in [0.1, 0.15) is 24.5 Å². The molecule has 0 bridgehead atoms. The van der Waals surface area contributed by atoms with E-state index in [9.17, 15) is 9.18 Å². The fourth-order valence-electron chi connectivity index (χ4n) is 2.26. The standard InChI is InChI=1S/C16H19FN2O2/c1-12-16(21)18-7-8-19(12)11-13-5-6-15(17)14(10-13)4-2-3-9-20/h5-6,10,12,20H,3,7-9,11H2,1H3,(H,18,21). The van der Waals surface area contributed by atoms with Crippen molar-refractivity contribution in [1.82, 2.24) is 10.2 Å². The summed E-state index contributed by atoms with van der Waals surface area (Å²) >= 11 is 0. The Morgan fingerprint density at radius 2 is 2.33 bits per heavy atom. The quantitative estimate of drug-likeness (QED) is 0.813. The van der Waals surface area contributed by atoms with Gasteiger partial charge in [-0.1, -0.05) is 17.9 Å². The monoisotopic (exact) mass is 290 g/mol. The second kappa shape index (κ2) is 7.21. The first-order valence-corrected chi connectivity index (χ1v) is 7.01. The average Bonchev–Trinajstić information content (AvgIpc) is 2.47. The van der Waals surface area contributed by atoms with Crippen molar-refractivity contribution in [2.24, 2.45) is 0 Å². The number of hydrogen-bond acceptors (Lipinski definition) is 3. The number of carbonyl (C=O) groups is 1. The highest BCUT2D eigenvalue weighted by atomic mass is 19.1. The molecule has 2 rings (SSSR count). The van der Waals surface area contributed by atoms with Crippen LogP contribution in [0.15, 0.2) is 18.2 Å². The summed E-state index contributed by atoms with van der Waals surface area (Å²) in [5.74, 6) is 5.10. The number of aliphatic hydroxyl groups excluding tert-OH is 1. The van der Waals surface area contributed by atoms with Gasteiger partial charge in [-0.05, 0) is 24.6 Å². The first-order valence-electron chi connectivity index (χ1n) is 7.01. The van der Waals surface area contributed by atoms with Gasteiger partial charge in [0.2, 0.25) is 5.91 Å². The lowest BCUT2D eigenvalue weighted by Gasteiger charge is -2.32. The Bertz CT molecular complexity index is 577. The molecule has 1 unspecified atom stereocenters. The van der Waals surface area contributed by atoms with Crippen LogP contribution in [0.5, 0.6) is 0 Å². The summed E-state index contributed by atoms with van der Waals surface area (Å²) in [6, 6.07) is 4.63. The zero-order chi connectivity index (χ0) is 15.2. The SMILES string of the molecule is CC1C(=O)NCCN1Cc1ccc(F)c(C#CCCO)c1. The molecule has 1 atom stereocenters. The maximum absolute atomic E-state index is 13.7. The van der Waals surface area contributed by atoms with E-state index >= 15 is 0 Å². The average molecular weight is 290 g/mol. The van der Waals surface area contributed by atoms with Crippen molar-refractivity contribution in [2.75, 3.05) is 19.7 Å². The molecule has 1 aromatic carbocycles. The third-order valence-electron chi connectivity index (χ3n) is 3.50. The number of piperazine rings is 1. The van der Waals surface area contributed by atoms with Gasteiger partial charge in [-0.15, -0.1) is 0 Å². The van der Waals surface area contributed by atoms with Gasteiger partial charge in [0.15, 0.2) is 0 Å². The Labute approximate surface area is 124 Å². The predicted octanol–water partition coefficient (Wildman–Crippen LogP) is 0.880. The highest BCUT2D eigenvalue weighted by Crippen LogP contribution is 2.14. The molecule has 1 aliphatic heterocycles. The Kier molecular flexibility index (Phi) is 5.32. The number of nitrogens with zero attached hydrogens (tertiary/aromatic N) is 1. The summed E-state index contributed by atoms with van der Waals surface area (Å²) in [6.07, 6.45) is 0.326. The van der Waals surface area contributed by atoms with Gasteiger partial charge in [-0.2, -0.15) is 0 Å². The summed E-state index contributed by atoms with van der Waals surface area (Å²) in [5, 5.41) is 11.5. The number of benzene rings is 1. The summed E-state index contributed by atoms with van der Waals surface area (Å²) in [7, 11) is 0. The van der Waals surface area contributed by atoms with Crippen LogP contribution in [0.4, 0.5) is 4.39 Å². The lowest BCUT2D eigenvalue weighted by molar-refractivity contribution is -0.128. The maximum Gasteiger partial charge on any atom is 0.237 e. The zero-order valence-electron chi connectivity index (χ0n) is 12.0. The molecule has 0 radical (unpaired) electrons. The van der Waals surface area contributed by atoms with Crippen LogP contribution in [0, 0.1) is 17.7 Å². The van der Waals surface area contributed by atoms with Gasteiger partial charge in [0, 0.05) is 26.1 Å². The summed E-state index contributed by atoms with van der Waals surface area (Å²) in [5.41, 5.74) is 1.25. The molecule has 0 aromatic heterocycles. The fraction of sp³-hybridized carbons (Fsp3) is 0.438. The summed E-state index contributed by atoms with van der Waals surface area (Å²) < 4.78 is 13.7. The van der Waals surface area contributed by atoms with Gasteiger partial charge < -0.3 is 10.4 Å². The first kappa shape index (κ1) is 15.5. The van der Waals surface area contributed by atoms with E-state index in [4.69, 9.17) is 5.11 Å². The summed E-state index contributed by atoms with van der Waals surface area (Å²) in [4.78, 5) is 13.7. The normalized spacial score (nSPS) is 18.8. The molecule has 1 heterocycles. The Balaban J connectivity index is 2.12. The van der Waals surface area contributed by atoms with E-state index in [0.717, 1.165) is 12.1 Å². The smallest absolute Gasteiger partial charge is 0.237 e. The van der Waals surface area contributed by atoms with Gasteiger partial charge in [0.05, 0.1) is 18.2 Å². The molecule has 112 valence electrons. The predicted molar refractivity (Wildman–Crippen MR) is 77.9 cm³/mol. The van der Waals surface area contributed by atoms with Crippen molar-refractivity contribution in [3.05, 3.63) is 35.1 Å². The Morgan fingerprint density at radius 1 is 1.52 bits per heavy atom. The van der Waals surface area contributed by atoms with E-state index in [-0.39, 0.29) is 24.4 Å². The van der Waals surface area contributed by atoms with Crippen molar-refractivity contribution in [3.63, 3.8) is 0 Å². The Hall–Kier alpha value is -1.90. The maximum atomic E-state index is 13.7. The van der Waals surface area contributed by atoms with Gasteiger partial charge in [-0.3, -0.25) is 9.69 Å². The molecule has 1 aliphatic rings. The van der Waals surface area contributed by atoms with Gasteiger partial charge in [0.25, 0.3) is 0 Å². The van der Waals surface area contributed by atoms with Crippen LogP contribution < -0.4 is 5.32 Å². The number of amides is 1. The minimum atomic E-state index is -0.367. The lowest BCUT2D eigenvalue weighted by atomic mass is 10.1. The molecule has 2 N–H and O–H groups in total. The lowest BCUT2D eigenvalue weighted by Crippen LogP contribution is -2.53. The first-order chi connectivity index (χ1) is 10.1. The number of hydrogen-bond donors (Lipinski definition) is 2. The van der Waals surface area contributed by atoms with Crippen LogP contribution in [-0.4, -0.2) is 41.7 Å². The topological polar surface area (TPSA) is 52.6 Å². The second-order valence-electron chi connectivity index (χ2n) is 5.03. The highest BCUT2D eigenvalue weighted by molar-refractivity contribution is 5.81. The Morgan fingerprint density at radius 3 is 3.10 bits per heavy atom. The number of halogens is 1. The van der Waals surface area contributed by atoms with Crippen LogP contribution in [0.3, 0.4) is 0 Å². The largest absolute Gasteiger partial charge is 0.395 e. The number of carbonyl (C=O) groups excluding carboxylic acids is 1. The summed E-state index contributed by atoms with van der Waals surface area (Å²) in [6.45, 7) is 3.82. The van der Waals surface area contributed by atoms with Crippen molar-refractivity contribution in [3.8, 4) is 11.8 Å². The molecular weight excluding hydrogens is 271 g/mol. The van der Waals surface area contributed by atoms with Crippen molar-refractivity contribution < 1.29 is 14.3 Å². The van der Waals surface area contributed by atoms with E-state index in [0.29, 0.717) is 25.1 Å². The van der Waals surface area contributed by atoms with E-state index in [1.54, 1.807) is 12.1 Å². The molecule has 0 saturated carbocycles. The minimum absolute atomic E-state index is 0.0197. The number of rotatable bonds is 3. The van der Waals surface area contributed by atoms with Crippen LogP contribution in [0.2, 0.25) is 0 Å². The van der Waals surface area contributed by atoms with Crippen LogP contribution >= 0.6 is 0 Å². The molecule has 4 nitrogen and oxygen atoms in total. The van der Waals surface area contributed by atoms with Gasteiger partial charge >= 0.3 is 0 Å². The molecule has 5 heteroatoms. The van der Waals surface area contributed by atoms with Gasteiger partial charge in [-0.25, -0.2) is 4.39 Å². The molecule has 1 saturated heterocycles. The number of aliphatic hydroxyl groups is 1. The van der Waals surface area contributed by atoms with Gasteiger partial charge in [0.1, 0.15) is 5.82 Å². The molecule has 1 fully saturated rings. The van der Waals surface area contributed by atoms with E-state index in [1.807, 2.05) is 6.92 Å². The second-order valence-corrected chi connectivity index (χ2v) is 5.03. The van der Waals surface area contributed by atoms with Crippen molar-refractivity contribution >= 4 is 5.91 Å². The van der Waals surface area contributed by atoms with E-state index in [2.05, 4.69) is 22.1 Å². The van der Waals surface area contributed by atoms with E-state index in [1.165, 1.54) is 6.07 Å². The van der Waals surface area contributed by atoms with Crippen LogP contribution in [-0.2, 0) is 11.3 Å². The molecular formula is C16H19FN2O2. The highest BCUT2D eigenvalue weighted by Gasteiger charge is 2.25.